The van der Waals surface area contributed by atoms with E-state index in [0.717, 1.165) is 5.56 Å². The molecule has 1 aliphatic rings. The lowest BCUT2D eigenvalue weighted by Gasteiger charge is -2.33. The zero-order valence-electron chi connectivity index (χ0n) is 17.3. The van der Waals surface area contributed by atoms with Gasteiger partial charge in [-0.25, -0.2) is 9.78 Å². The number of aromatic nitrogens is 2. The number of ether oxygens (including phenoxy) is 1. The molecule has 1 aromatic heterocycles. The second-order valence-corrected chi connectivity index (χ2v) is 7.56. The predicted molar refractivity (Wildman–Crippen MR) is 117 cm³/mol. The summed E-state index contributed by atoms with van der Waals surface area (Å²) >= 11 is 0. The number of carbonyl (C=O) groups is 1. The van der Waals surface area contributed by atoms with Crippen LogP contribution in [0.1, 0.15) is 31.4 Å². The number of likely N-dealkylation sites (tertiary alicyclic amines) is 1. The molecular formula is C23H26N4O3. The standard InChI is InChI=1S/C23H26N4O3/c1-3-30-21-7-5-4-6-20(21)25-23(29)26-12-10-17(11-13-26)27-15-24-19-9-8-16(2)14-18(19)22(27)28/h4-9,14-15,17H,3,10-13H2,1-2H3,(H,25,29). The highest BCUT2D eigenvalue weighted by atomic mass is 16.5. The van der Waals surface area contributed by atoms with Crippen molar-refractivity contribution < 1.29 is 9.53 Å². The molecule has 30 heavy (non-hydrogen) atoms. The topological polar surface area (TPSA) is 76.5 Å². The first-order valence-electron chi connectivity index (χ1n) is 10.3. The first-order chi connectivity index (χ1) is 14.6. The Bertz CT molecular complexity index is 1120. The summed E-state index contributed by atoms with van der Waals surface area (Å²) in [6.45, 7) is 5.56. The van der Waals surface area contributed by atoms with E-state index in [9.17, 15) is 9.59 Å². The van der Waals surface area contributed by atoms with Crippen LogP contribution in [0.25, 0.3) is 10.9 Å². The van der Waals surface area contributed by atoms with Crippen LogP contribution in [0.2, 0.25) is 0 Å². The maximum atomic E-state index is 13.0. The normalized spacial score (nSPS) is 14.7. The molecule has 0 spiro atoms. The van der Waals surface area contributed by atoms with Crippen LogP contribution in [0.4, 0.5) is 10.5 Å². The summed E-state index contributed by atoms with van der Waals surface area (Å²) in [5.41, 5.74) is 2.40. The van der Waals surface area contributed by atoms with Gasteiger partial charge < -0.3 is 15.0 Å². The molecule has 7 nitrogen and oxygen atoms in total. The van der Waals surface area contributed by atoms with Crippen molar-refractivity contribution in [1.82, 2.24) is 14.5 Å². The fourth-order valence-corrected chi connectivity index (χ4v) is 3.90. The SMILES string of the molecule is CCOc1ccccc1NC(=O)N1CCC(n2cnc3ccc(C)cc3c2=O)CC1. The van der Waals surface area contributed by atoms with Crippen molar-refractivity contribution in [2.24, 2.45) is 0 Å². The smallest absolute Gasteiger partial charge is 0.321 e. The molecule has 4 rings (SSSR count). The van der Waals surface area contributed by atoms with Gasteiger partial charge in [0.05, 0.1) is 29.5 Å². The summed E-state index contributed by atoms with van der Waals surface area (Å²) in [5.74, 6) is 0.660. The van der Waals surface area contributed by atoms with Crippen molar-refractivity contribution in [2.75, 3.05) is 25.0 Å². The summed E-state index contributed by atoms with van der Waals surface area (Å²) in [4.78, 5) is 31.9. The molecule has 0 atom stereocenters. The molecule has 2 amide bonds. The van der Waals surface area contributed by atoms with E-state index in [1.165, 1.54) is 0 Å². The summed E-state index contributed by atoms with van der Waals surface area (Å²) in [5, 5.41) is 3.59. The van der Waals surface area contributed by atoms with Crippen LogP contribution in [0, 0.1) is 6.92 Å². The zero-order chi connectivity index (χ0) is 21.1. The Morgan fingerprint density at radius 3 is 2.73 bits per heavy atom. The molecule has 1 fully saturated rings. The lowest BCUT2D eigenvalue weighted by atomic mass is 10.0. The first-order valence-corrected chi connectivity index (χ1v) is 10.3. The highest BCUT2D eigenvalue weighted by molar-refractivity contribution is 5.91. The van der Waals surface area contributed by atoms with Crippen molar-refractivity contribution in [1.29, 1.82) is 0 Å². The summed E-state index contributed by atoms with van der Waals surface area (Å²) in [7, 11) is 0. The van der Waals surface area contributed by atoms with Crippen molar-refractivity contribution in [3.05, 3.63) is 64.7 Å². The van der Waals surface area contributed by atoms with Crippen LogP contribution >= 0.6 is 0 Å². The number of para-hydroxylation sites is 2. The van der Waals surface area contributed by atoms with E-state index in [4.69, 9.17) is 4.74 Å². The van der Waals surface area contributed by atoms with Gasteiger partial charge in [0.15, 0.2) is 0 Å². The van der Waals surface area contributed by atoms with Gasteiger partial charge in [-0.3, -0.25) is 9.36 Å². The van der Waals surface area contributed by atoms with Gasteiger partial charge in [0.1, 0.15) is 5.75 Å². The van der Waals surface area contributed by atoms with Crippen molar-refractivity contribution in [3.63, 3.8) is 0 Å². The molecule has 1 aliphatic heterocycles. The Morgan fingerprint density at radius 2 is 1.97 bits per heavy atom. The second-order valence-electron chi connectivity index (χ2n) is 7.56. The van der Waals surface area contributed by atoms with Crippen LogP contribution in [0.3, 0.4) is 0 Å². The fraction of sp³-hybridized carbons (Fsp3) is 0.348. The number of urea groups is 1. The van der Waals surface area contributed by atoms with Gasteiger partial charge in [-0.15, -0.1) is 0 Å². The lowest BCUT2D eigenvalue weighted by molar-refractivity contribution is 0.182. The van der Waals surface area contributed by atoms with E-state index in [1.54, 1.807) is 15.8 Å². The number of aryl methyl sites for hydroxylation is 1. The van der Waals surface area contributed by atoms with E-state index in [2.05, 4.69) is 10.3 Å². The highest BCUT2D eigenvalue weighted by Crippen LogP contribution is 2.26. The molecule has 156 valence electrons. The zero-order valence-corrected chi connectivity index (χ0v) is 17.3. The van der Waals surface area contributed by atoms with Crippen LogP contribution in [-0.2, 0) is 0 Å². The summed E-state index contributed by atoms with van der Waals surface area (Å²) in [6.07, 6.45) is 3.05. The van der Waals surface area contributed by atoms with Gasteiger partial charge in [0.2, 0.25) is 0 Å². The predicted octanol–water partition coefficient (Wildman–Crippen LogP) is 3.97. The van der Waals surface area contributed by atoms with E-state index < -0.39 is 0 Å². The molecule has 0 saturated carbocycles. The van der Waals surface area contributed by atoms with E-state index in [0.29, 0.717) is 54.9 Å². The number of rotatable bonds is 4. The minimum Gasteiger partial charge on any atom is -0.492 e. The molecule has 0 radical (unpaired) electrons. The van der Waals surface area contributed by atoms with Gasteiger partial charge in [0, 0.05) is 19.1 Å². The third kappa shape index (κ3) is 4.01. The summed E-state index contributed by atoms with van der Waals surface area (Å²) < 4.78 is 7.30. The quantitative estimate of drug-likeness (QED) is 0.711. The van der Waals surface area contributed by atoms with E-state index in [-0.39, 0.29) is 17.6 Å². The number of nitrogens with zero attached hydrogens (tertiary/aromatic N) is 3. The van der Waals surface area contributed by atoms with Crippen LogP contribution in [0.15, 0.2) is 53.6 Å². The maximum absolute atomic E-state index is 13.0. The van der Waals surface area contributed by atoms with Crippen LogP contribution < -0.4 is 15.6 Å². The molecule has 0 aliphatic carbocycles. The summed E-state index contributed by atoms with van der Waals surface area (Å²) in [6, 6.07) is 13.0. The lowest BCUT2D eigenvalue weighted by Crippen LogP contribution is -2.42. The number of hydrogen-bond donors (Lipinski definition) is 1. The largest absolute Gasteiger partial charge is 0.492 e. The Balaban J connectivity index is 1.44. The third-order valence-electron chi connectivity index (χ3n) is 5.51. The minimum absolute atomic E-state index is 0.0164. The van der Waals surface area contributed by atoms with Crippen molar-refractivity contribution in [2.45, 2.75) is 32.7 Å². The number of amides is 2. The Hall–Kier alpha value is -3.35. The molecule has 2 aromatic carbocycles. The van der Waals surface area contributed by atoms with Crippen LogP contribution in [0.5, 0.6) is 5.75 Å². The number of piperidine rings is 1. The Labute approximate surface area is 175 Å². The molecule has 0 bridgehead atoms. The molecular weight excluding hydrogens is 380 g/mol. The number of fused-ring (bicyclic) bond motifs is 1. The number of nitrogens with one attached hydrogen (secondary N) is 1. The fourth-order valence-electron chi connectivity index (χ4n) is 3.90. The highest BCUT2D eigenvalue weighted by Gasteiger charge is 2.25. The molecule has 1 N–H and O–H groups in total. The third-order valence-corrected chi connectivity index (χ3v) is 5.51. The average molecular weight is 406 g/mol. The van der Waals surface area contributed by atoms with E-state index in [1.807, 2.05) is 56.3 Å². The van der Waals surface area contributed by atoms with E-state index >= 15 is 0 Å². The Kier molecular flexibility index (Phi) is 5.70. The van der Waals surface area contributed by atoms with Crippen molar-refractivity contribution >= 4 is 22.6 Å². The molecule has 0 unspecified atom stereocenters. The minimum atomic E-state index is -0.153. The van der Waals surface area contributed by atoms with Gasteiger partial charge >= 0.3 is 6.03 Å². The first kappa shape index (κ1) is 19.9. The van der Waals surface area contributed by atoms with Crippen LogP contribution in [-0.4, -0.2) is 40.2 Å². The van der Waals surface area contributed by atoms with Gasteiger partial charge in [-0.1, -0.05) is 23.8 Å². The number of benzene rings is 2. The average Bonchev–Trinajstić information content (AvgIpc) is 2.76. The van der Waals surface area contributed by atoms with Gasteiger partial charge in [0.25, 0.3) is 5.56 Å². The number of anilines is 1. The number of carbonyl (C=O) groups excluding carboxylic acids is 1. The number of hydrogen-bond acceptors (Lipinski definition) is 4. The second kappa shape index (κ2) is 8.57. The Morgan fingerprint density at radius 1 is 1.20 bits per heavy atom. The van der Waals surface area contributed by atoms with Gasteiger partial charge in [-0.05, 0) is 51.0 Å². The monoisotopic (exact) mass is 406 g/mol. The molecule has 2 heterocycles. The maximum Gasteiger partial charge on any atom is 0.321 e. The molecule has 7 heteroatoms. The molecule has 3 aromatic rings. The van der Waals surface area contributed by atoms with Crippen molar-refractivity contribution in [3.8, 4) is 5.75 Å². The van der Waals surface area contributed by atoms with Gasteiger partial charge in [-0.2, -0.15) is 0 Å². The molecule has 1 saturated heterocycles.